The molecule has 1 aliphatic heterocycles. The van der Waals surface area contributed by atoms with Crippen molar-refractivity contribution in [2.75, 3.05) is 20.8 Å². The zero-order chi connectivity index (χ0) is 13.1. The number of hydrogen-bond acceptors (Lipinski definition) is 5. The van der Waals surface area contributed by atoms with Gasteiger partial charge in [-0.1, -0.05) is 0 Å². The summed E-state index contributed by atoms with van der Waals surface area (Å²) in [5.41, 5.74) is -0.680. The van der Waals surface area contributed by atoms with Gasteiger partial charge >= 0.3 is 5.97 Å². The maximum atomic E-state index is 12.2. The zero-order valence-corrected chi connectivity index (χ0v) is 10.6. The van der Waals surface area contributed by atoms with Gasteiger partial charge in [-0.05, 0) is 26.7 Å². The lowest BCUT2D eigenvalue weighted by molar-refractivity contribution is -0.180. The van der Waals surface area contributed by atoms with Gasteiger partial charge in [0.15, 0.2) is 0 Å². The Kier molecular flexibility index (Phi) is 4.22. The number of ether oxygens (including phenoxy) is 1. The fourth-order valence-electron chi connectivity index (χ4n) is 1.78. The molecule has 1 amide bonds. The first-order valence-corrected chi connectivity index (χ1v) is 5.52. The van der Waals surface area contributed by atoms with E-state index in [9.17, 15) is 9.59 Å². The Morgan fingerprint density at radius 2 is 2.18 bits per heavy atom. The lowest BCUT2D eigenvalue weighted by atomic mass is 9.95. The molecule has 0 radical (unpaired) electrons. The van der Waals surface area contributed by atoms with Crippen molar-refractivity contribution in [3.63, 3.8) is 0 Å². The van der Waals surface area contributed by atoms with Gasteiger partial charge in [-0.3, -0.25) is 14.6 Å². The van der Waals surface area contributed by atoms with Crippen LogP contribution in [0.2, 0.25) is 0 Å². The Hall–Kier alpha value is -1.43. The van der Waals surface area contributed by atoms with E-state index in [1.54, 1.807) is 13.8 Å². The molecular weight excluding hydrogens is 224 g/mol. The summed E-state index contributed by atoms with van der Waals surface area (Å²) in [5.74, 6) is -1.10. The molecule has 1 atom stereocenters. The molecule has 1 rings (SSSR count). The third kappa shape index (κ3) is 2.46. The normalized spacial score (nSPS) is 23.2. The van der Waals surface area contributed by atoms with Crippen LogP contribution >= 0.6 is 0 Å². The molecule has 0 aromatic heterocycles. The van der Waals surface area contributed by atoms with Crippen LogP contribution in [0.4, 0.5) is 0 Å². The molecule has 0 saturated carbocycles. The lowest BCUT2D eigenvalue weighted by Crippen LogP contribution is -2.51. The second-order valence-electron chi connectivity index (χ2n) is 3.91. The highest BCUT2D eigenvalue weighted by Crippen LogP contribution is 2.29. The predicted octanol–water partition coefficient (Wildman–Crippen LogP) is 0.563. The maximum absolute atomic E-state index is 12.2. The van der Waals surface area contributed by atoms with E-state index in [1.165, 1.54) is 14.2 Å². The van der Waals surface area contributed by atoms with Gasteiger partial charge in [-0.15, -0.1) is 0 Å². The van der Waals surface area contributed by atoms with E-state index in [-0.39, 0.29) is 6.61 Å². The molecule has 0 aromatic carbocycles. The largest absolute Gasteiger partial charge is 0.464 e. The molecule has 0 aliphatic carbocycles. The van der Waals surface area contributed by atoms with Gasteiger partial charge in [0.2, 0.25) is 5.54 Å². The fraction of sp³-hybridized carbons (Fsp3) is 0.727. The van der Waals surface area contributed by atoms with Crippen LogP contribution in [-0.4, -0.2) is 49.0 Å². The highest BCUT2D eigenvalue weighted by atomic mass is 16.7. The van der Waals surface area contributed by atoms with Gasteiger partial charge in [0.05, 0.1) is 13.7 Å². The predicted molar refractivity (Wildman–Crippen MR) is 61.5 cm³/mol. The molecule has 96 valence electrons. The van der Waals surface area contributed by atoms with Crippen LogP contribution in [0.1, 0.15) is 26.7 Å². The van der Waals surface area contributed by atoms with Crippen molar-refractivity contribution in [2.45, 2.75) is 32.2 Å². The topological polar surface area (TPSA) is 68.2 Å². The van der Waals surface area contributed by atoms with E-state index in [0.29, 0.717) is 12.8 Å². The monoisotopic (exact) mass is 242 g/mol. The molecule has 0 N–H and O–H groups in total. The number of nitrogens with zero attached hydrogens (tertiary/aromatic N) is 2. The van der Waals surface area contributed by atoms with Crippen LogP contribution < -0.4 is 0 Å². The van der Waals surface area contributed by atoms with Gasteiger partial charge in [0, 0.05) is 12.8 Å². The second-order valence-corrected chi connectivity index (χ2v) is 3.91. The van der Waals surface area contributed by atoms with E-state index >= 15 is 0 Å². The van der Waals surface area contributed by atoms with Crippen LogP contribution in [0.15, 0.2) is 4.99 Å². The fourth-order valence-corrected chi connectivity index (χ4v) is 1.78. The summed E-state index contributed by atoms with van der Waals surface area (Å²) in [5, 5.41) is 1.01. The number of hydrogen-bond donors (Lipinski definition) is 0. The first kappa shape index (κ1) is 13.6. The molecular formula is C11H18N2O4. The lowest BCUT2D eigenvalue weighted by Gasteiger charge is -2.26. The standard InChI is InChI=1S/C11H18N2O4/c1-5-17-10(15)11(7-6-8(2)12-11)9(14)13(3)16-4/h5-7H2,1-4H3. The highest BCUT2D eigenvalue weighted by Gasteiger charge is 2.51. The van der Waals surface area contributed by atoms with Gasteiger partial charge in [0.1, 0.15) is 0 Å². The molecule has 0 bridgehead atoms. The van der Waals surface area contributed by atoms with Crippen LogP contribution in [0.5, 0.6) is 0 Å². The molecule has 6 heteroatoms. The Balaban J connectivity index is 3.04. The SMILES string of the molecule is CCOC(=O)C1(C(=O)N(C)OC)CCC(C)=N1. The van der Waals surface area contributed by atoms with E-state index < -0.39 is 17.4 Å². The number of carbonyl (C=O) groups excluding carboxylic acids is 2. The molecule has 1 heterocycles. The van der Waals surface area contributed by atoms with Crippen molar-refractivity contribution in [3.8, 4) is 0 Å². The Labute approximate surface area is 101 Å². The molecule has 0 saturated heterocycles. The number of esters is 1. The number of rotatable bonds is 4. The van der Waals surface area contributed by atoms with Gasteiger partial charge < -0.3 is 4.74 Å². The molecule has 1 unspecified atom stereocenters. The van der Waals surface area contributed by atoms with E-state index in [1.807, 2.05) is 0 Å². The Morgan fingerprint density at radius 1 is 1.53 bits per heavy atom. The first-order chi connectivity index (χ1) is 7.97. The quantitative estimate of drug-likeness (QED) is 0.410. The minimum absolute atomic E-state index is 0.221. The number of hydroxylamine groups is 2. The molecule has 0 fully saturated rings. The van der Waals surface area contributed by atoms with Crippen molar-refractivity contribution >= 4 is 17.6 Å². The summed E-state index contributed by atoms with van der Waals surface area (Å²) < 4.78 is 4.94. The highest BCUT2D eigenvalue weighted by molar-refractivity contribution is 6.11. The van der Waals surface area contributed by atoms with Gasteiger partial charge in [0.25, 0.3) is 5.91 Å². The third-order valence-electron chi connectivity index (χ3n) is 2.76. The molecule has 0 aromatic rings. The zero-order valence-electron chi connectivity index (χ0n) is 10.6. The molecule has 0 spiro atoms. The minimum Gasteiger partial charge on any atom is -0.464 e. The minimum atomic E-state index is -1.45. The summed E-state index contributed by atoms with van der Waals surface area (Å²) in [6.45, 7) is 3.71. The Bertz CT molecular complexity index is 353. The van der Waals surface area contributed by atoms with Crippen molar-refractivity contribution in [3.05, 3.63) is 0 Å². The van der Waals surface area contributed by atoms with Crippen LogP contribution in [0, 0.1) is 0 Å². The summed E-state index contributed by atoms with van der Waals surface area (Å²) in [6.07, 6.45) is 0.951. The average Bonchev–Trinajstić information content (AvgIpc) is 2.71. The number of likely N-dealkylation sites (N-methyl/N-ethyl adjacent to an activating group) is 1. The van der Waals surface area contributed by atoms with E-state index in [0.717, 1.165) is 10.8 Å². The smallest absolute Gasteiger partial charge is 0.343 e. The van der Waals surface area contributed by atoms with Gasteiger partial charge in [-0.25, -0.2) is 9.86 Å². The van der Waals surface area contributed by atoms with Crippen molar-refractivity contribution in [1.29, 1.82) is 0 Å². The van der Waals surface area contributed by atoms with Crippen LogP contribution in [0.25, 0.3) is 0 Å². The number of carbonyl (C=O) groups is 2. The third-order valence-corrected chi connectivity index (χ3v) is 2.76. The summed E-state index contributed by atoms with van der Waals surface area (Å²) >= 11 is 0. The molecule has 1 aliphatic rings. The molecule has 17 heavy (non-hydrogen) atoms. The molecule has 6 nitrogen and oxygen atoms in total. The van der Waals surface area contributed by atoms with Crippen LogP contribution in [0.3, 0.4) is 0 Å². The van der Waals surface area contributed by atoms with Crippen molar-refractivity contribution in [1.82, 2.24) is 5.06 Å². The van der Waals surface area contributed by atoms with Crippen molar-refractivity contribution in [2.24, 2.45) is 4.99 Å². The van der Waals surface area contributed by atoms with Crippen LogP contribution in [-0.2, 0) is 19.2 Å². The van der Waals surface area contributed by atoms with E-state index in [4.69, 9.17) is 9.57 Å². The second kappa shape index (κ2) is 5.27. The maximum Gasteiger partial charge on any atom is 0.343 e. The Morgan fingerprint density at radius 3 is 2.59 bits per heavy atom. The summed E-state index contributed by atoms with van der Waals surface area (Å²) in [4.78, 5) is 33.1. The average molecular weight is 242 g/mol. The first-order valence-electron chi connectivity index (χ1n) is 5.52. The number of aliphatic imine (C=N–C) groups is 1. The number of amides is 1. The summed E-state index contributed by atoms with van der Waals surface area (Å²) in [6, 6.07) is 0. The van der Waals surface area contributed by atoms with Gasteiger partial charge in [-0.2, -0.15) is 0 Å². The van der Waals surface area contributed by atoms with Crippen molar-refractivity contribution < 1.29 is 19.2 Å². The van der Waals surface area contributed by atoms with E-state index in [2.05, 4.69) is 4.99 Å². The summed E-state index contributed by atoms with van der Waals surface area (Å²) in [7, 11) is 2.81.